The zero-order valence-corrected chi connectivity index (χ0v) is 14.4. The van der Waals surface area contributed by atoms with Gasteiger partial charge < -0.3 is 4.98 Å². The van der Waals surface area contributed by atoms with Gasteiger partial charge in [-0.1, -0.05) is 13.8 Å². The Morgan fingerprint density at radius 2 is 1.67 bits per heavy atom. The van der Waals surface area contributed by atoms with E-state index in [0.29, 0.717) is 18.3 Å². The van der Waals surface area contributed by atoms with Crippen molar-refractivity contribution in [2.45, 2.75) is 26.9 Å². The number of rotatable bonds is 1. The van der Waals surface area contributed by atoms with E-state index in [2.05, 4.69) is 9.97 Å². The van der Waals surface area contributed by atoms with Gasteiger partial charge >= 0.3 is 11.9 Å². The van der Waals surface area contributed by atoms with Crippen molar-refractivity contribution in [2.75, 3.05) is 0 Å². The molecule has 0 aliphatic rings. The fraction of sp³-hybridized carbons (Fsp3) is 0.235. The fourth-order valence-electron chi connectivity index (χ4n) is 2.60. The number of pyridine rings is 1. The molecule has 0 atom stereocenters. The van der Waals surface area contributed by atoms with Gasteiger partial charge in [-0.15, -0.1) is 0 Å². The van der Waals surface area contributed by atoms with E-state index in [1.165, 1.54) is 6.92 Å². The van der Waals surface area contributed by atoms with Crippen LogP contribution in [0.3, 0.4) is 0 Å². The number of alkyl halides is 3. The van der Waals surface area contributed by atoms with Crippen LogP contribution in [0.15, 0.2) is 27.9 Å². The highest BCUT2D eigenvalue weighted by Crippen LogP contribution is 2.41. The third-order valence-corrected chi connectivity index (χ3v) is 3.64. The molecule has 5 nitrogen and oxygen atoms in total. The summed E-state index contributed by atoms with van der Waals surface area (Å²) in [6, 6.07) is 0.892. The van der Waals surface area contributed by atoms with Gasteiger partial charge in [-0.3, -0.25) is 14.8 Å². The number of H-pyrrole nitrogens is 2. The third-order valence-electron chi connectivity index (χ3n) is 3.64. The van der Waals surface area contributed by atoms with E-state index in [1.807, 2.05) is 18.8 Å². The van der Waals surface area contributed by atoms with Gasteiger partial charge in [0.1, 0.15) is 11.5 Å². The number of aromatic amines is 2. The number of halogens is 5. The number of nitrogens with zero attached hydrogens (tertiary/aromatic N) is 1. The van der Waals surface area contributed by atoms with Gasteiger partial charge in [0.2, 0.25) is 0 Å². The van der Waals surface area contributed by atoms with E-state index in [9.17, 15) is 31.5 Å². The van der Waals surface area contributed by atoms with Gasteiger partial charge in [0, 0.05) is 11.6 Å². The van der Waals surface area contributed by atoms with Crippen LogP contribution in [0.4, 0.5) is 22.0 Å². The molecule has 1 aromatic carbocycles. The van der Waals surface area contributed by atoms with Gasteiger partial charge in [0.25, 0.3) is 5.56 Å². The quantitative estimate of drug-likeness (QED) is 0.622. The number of aryl methyl sites for hydroxylation is 1. The van der Waals surface area contributed by atoms with Crippen molar-refractivity contribution in [1.82, 2.24) is 15.0 Å². The van der Waals surface area contributed by atoms with E-state index in [4.69, 9.17) is 0 Å². The van der Waals surface area contributed by atoms with Crippen molar-refractivity contribution >= 4 is 10.9 Å². The van der Waals surface area contributed by atoms with E-state index in [-0.39, 0.29) is 11.1 Å². The second-order valence-electron chi connectivity index (χ2n) is 5.24. The minimum atomic E-state index is -4.95. The summed E-state index contributed by atoms with van der Waals surface area (Å²) in [7, 11) is 0. The Morgan fingerprint density at radius 3 is 2.22 bits per heavy atom. The molecule has 10 heteroatoms. The number of benzene rings is 1. The first kappa shape index (κ1) is 20.3. The Morgan fingerprint density at radius 1 is 1.04 bits per heavy atom. The zero-order valence-electron chi connectivity index (χ0n) is 14.4. The average Bonchev–Trinajstić information content (AvgIpc) is 2.57. The van der Waals surface area contributed by atoms with Crippen molar-refractivity contribution < 1.29 is 22.0 Å². The molecule has 2 heterocycles. The van der Waals surface area contributed by atoms with Crippen LogP contribution in [0.25, 0.3) is 22.2 Å². The fourth-order valence-corrected chi connectivity index (χ4v) is 2.60. The number of aromatic nitrogens is 3. The molecular formula is C17H14F5N3O2. The maximum Gasteiger partial charge on any atom is 0.417 e. The average molecular weight is 387 g/mol. The molecule has 0 spiro atoms. The van der Waals surface area contributed by atoms with Crippen LogP contribution < -0.4 is 11.2 Å². The maximum atomic E-state index is 14.0. The summed E-state index contributed by atoms with van der Waals surface area (Å²) in [5.74, 6) is -2.36. The summed E-state index contributed by atoms with van der Waals surface area (Å²) in [4.78, 5) is 30.7. The maximum absolute atomic E-state index is 14.0. The normalized spacial score (nSPS) is 11.3. The molecule has 144 valence electrons. The monoisotopic (exact) mass is 387 g/mol. The molecule has 2 aromatic heterocycles. The lowest BCUT2D eigenvalue weighted by molar-refractivity contribution is -0.137. The van der Waals surface area contributed by atoms with Crippen molar-refractivity contribution in [2.24, 2.45) is 0 Å². The van der Waals surface area contributed by atoms with Crippen LogP contribution in [0, 0.1) is 18.6 Å². The summed E-state index contributed by atoms with van der Waals surface area (Å²) in [6.07, 6.45) is -4.37. The summed E-state index contributed by atoms with van der Waals surface area (Å²) >= 11 is 0. The first-order valence-electron chi connectivity index (χ1n) is 7.78. The molecule has 0 aliphatic carbocycles. The smallest absolute Gasteiger partial charge is 0.307 e. The van der Waals surface area contributed by atoms with Crippen LogP contribution in [-0.4, -0.2) is 15.0 Å². The Labute approximate surface area is 148 Å². The molecule has 0 aliphatic heterocycles. The van der Waals surface area contributed by atoms with Crippen molar-refractivity contribution in [3.63, 3.8) is 0 Å². The predicted molar refractivity (Wildman–Crippen MR) is 89.4 cm³/mol. The molecule has 0 bridgehead atoms. The Kier molecular flexibility index (Phi) is 5.48. The molecule has 3 aromatic rings. The minimum Gasteiger partial charge on any atom is -0.307 e. The first-order chi connectivity index (χ1) is 12.6. The summed E-state index contributed by atoms with van der Waals surface area (Å²) in [5.41, 5.74) is -5.11. The minimum absolute atomic E-state index is 0.192. The lowest BCUT2D eigenvalue weighted by Crippen LogP contribution is -2.23. The SMILES string of the molecule is CC.Cc1c(-c2ncc(F)cc2F)c(C(F)(F)F)cc2c(=O)[nH]c(=O)[nH]c12. The lowest BCUT2D eigenvalue weighted by Gasteiger charge is -2.17. The molecule has 0 radical (unpaired) electrons. The van der Waals surface area contributed by atoms with Gasteiger partial charge in [0.05, 0.1) is 22.7 Å². The highest BCUT2D eigenvalue weighted by Gasteiger charge is 2.36. The zero-order chi connectivity index (χ0) is 20.5. The van der Waals surface area contributed by atoms with E-state index in [1.54, 1.807) is 0 Å². The second kappa shape index (κ2) is 7.29. The largest absolute Gasteiger partial charge is 0.417 e. The second-order valence-corrected chi connectivity index (χ2v) is 5.24. The molecule has 0 saturated heterocycles. The molecule has 0 amide bonds. The van der Waals surface area contributed by atoms with Gasteiger partial charge in [-0.2, -0.15) is 13.2 Å². The third kappa shape index (κ3) is 3.74. The number of fused-ring (bicyclic) bond motifs is 1. The summed E-state index contributed by atoms with van der Waals surface area (Å²) < 4.78 is 67.4. The molecule has 0 saturated carbocycles. The number of hydrogen-bond acceptors (Lipinski definition) is 3. The van der Waals surface area contributed by atoms with E-state index >= 15 is 0 Å². The molecule has 0 unspecified atom stereocenters. The lowest BCUT2D eigenvalue weighted by atomic mass is 9.95. The van der Waals surface area contributed by atoms with Crippen molar-refractivity contribution in [1.29, 1.82) is 0 Å². The Hall–Kier alpha value is -3.04. The molecule has 27 heavy (non-hydrogen) atoms. The Balaban J connectivity index is 0.00000126. The van der Waals surface area contributed by atoms with Gasteiger partial charge in [-0.05, 0) is 18.6 Å². The van der Waals surface area contributed by atoms with Crippen molar-refractivity contribution in [3.8, 4) is 11.3 Å². The first-order valence-corrected chi connectivity index (χ1v) is 7.78. The predicted octanol–water partition coefficient (Wildman–Crippen LogP) is 3.91. The summed E-state index contributed by atoms with van der Waals surface area (Å²) in [5, 5.41) is -0.421. The van der Waals surface area contributed by atoms with Crippen LogP contribution in [0.1, 0.15) is 25.0 Å². The topological polar surface area (TPSA) is 78.6 Å². The van der Waals surface area contributed by atoms with Crippen LogP contribution in [0.5, 0.6) is 0 Å². The highest BCUT2D eigenvalue weighted by atomic mass is 19.4. The molecular weight excluding hydrogens is 373 g/mol. The molecule has 2 N–H and O–H groups in total. The number of hydrogen-bond donors (Lipinski definition) is 2. The van der Waals surface area contributed by atoms with Crippen molar-refractivity contribution in [3.05, 3.63) is 61.9 Å². The van der Waals surface area contributed by atoms with E-state index in [0.717, 1.165) is 0 Å². The van der Waals surface area contributed by atoms with Gasteiger partial charge in [-0.25, -0.2) is 13.6 Å². The highest BCUT2D eigenvalue weighted by molar-refractivity contribution is 5.89. The molecule has 0 fully saturated rings. The Bertz CT molecular complexity index is 1120. The summed E-state index contributed by atoms with van der Waals surface area (Å²) in [6.45, 7) is 5.17. The van der Waals surface area contributed by atoms with Crippen LogP contribution >= 0.6 is 0 Å². The van der Waals surface area contributed by atoms with E-state index < -0.39 is 51.3 Å². The number of nitrogens with one attached hydrogen (secondary N) is 2. The van der Waals surface area contributed by atoms with Crippen LogP contribution in [0.2, 0.25) is 0 Å². The standard InChI is InChI=1S/C15H8F5N3O2.C2H6/c1-5-10(12-9(17)2-6(16)4-21-12)8(15(18,19)20)3-7-11(5)22-14(25)23-13(7)24;1-2/h2-4H,1H3,(H2,22,23,24,25);1-2H3. The van der Waals surface area contributed by atoms with Gasteiger partial charge in [0.15, 0.2) is 5.82 Å². The van der Waals surface area contributed by atoms with Crippen LogP contribution in [-0.2, 0) is 6.18 Å². The molecule has 3 rings (SSSR count).